The lowest BCUT2D eigenvalue weighted by Crippen LogP contribution is -2.41. The van der Waals surface area contributed by atoms with E-state index in [2.05, 4.69) is 5.32 Å². The van der Waals surface area contributed by atoms with E-state index < -0.39 is 21.7 Å². The summed E-state index contributed by atoms with van der Waals surface area (Å²) in [4.78, 5) is 26.4. The first-order valence-electron chi connectivity index (χ1n) is 9.83. The van der Waals surface area contributed by atoms with Crippen LogP contribution in [0.25, 0.3) is 0 Å². The molecule has 4 rings (SSSR count). The second-order valence-electron chi connectivity index (χ2n) is 7.44. The average molecular weight is 431 g/mol. The first-order chi connectivity index (χ1) is 14.3. The Kier molecular flexibility index (Phi) is 5.57. The van der Waals surface area contributed by atoms with Gasteiger partial charge < -0.3 is 10.2 Å². The predicted molar refractivity (Wildman–Crippen MR) is 110 cm³/mol. The Balaban J connectivity index is 1.55. The Morgan fingerprint density at radius 3 is 2.57 bits per heavy atom. The highest BCUT2D eigenvalue weighted by atomic mass is 32.2. The minimum Gasteiger partial charge on any atom is -0.324 e. The van der Waals surface area contributed by atoms with Crippen molar-refractivity contribution in [2.24, 2.45) is 0 Å². The van der Waals surface area contributed by atoms with E-state index in [-0.39, 0.29) is 23.8 Å². The van der Waals surface area contributed by atoms with Crippen LogP contribution in [0.3, 0.4) is 0 Å². The molecule has 2 amide bonds. The highest BCUT2D eigenvalue weighted by Crippen LogP contribution is 2.31. The van der Waals surface area contributed by atoms with Gasteiger partial charge in [-0.2, -0.15) is 4.31 Å². The summed E-state index contributed by atoms with van der Waals surface area (Å²) in [6.07, 6.45) is 2.31. The molecule has 0 spiro atoms. The summed E-state index contributed by atoms with van der Waals surface area (Å²) in [6, 6.07) is 10.2. The number of nitrogens with one attached hydrogen (secondary N) is 1. The lowest BCUT2D eigenvalue weighted by atomic mass is 10.0. The molecule has 0 bridgehead atoms. The molecule has 0 aromatic heterocycles. The molecule has 2 aromatic carbocycles. The van der Waals surface area contributed by atoms with Crippen molar-refractivity contribution in [2.75, 3.05) is 29.9 Å². The van der Waals surface area contributed by atoms with Gasteiger partial charge in [0.25, 0.3) is 0 Å². The largest absolute Gasteiger partial charge is 0.324 e. The Morgan fingerprint density at radius 1 is 1.07 bits per heavy atom. The molecule has 9 heteroatoms. The Labute approximate surface area is 174 Å². The number of halogens is 1. The molecule has 158 valence electrons. The maximum atomic E-state index is 13.3. The maximum Gasteiger partial charge on any atom is 0.244 e. The Bertz CT molecular complexity index is 1100. The lowest BCUT2D eigenvalue weighted by molar-refractivity contribution is -0.121. The average Bonchev–Trinajstić information content (AvgIpc) is 3.25. The predicted octanol–water partition coefficient (Wildman–Crippen LogP) is 2.53. The van der Waals surface area contributed by atoms with Crippen molar-refractivity contribution in [1.82, 2.24) is 4.31 Å². The number of nitrogens with zero attached hydrogens (tertiary/aromatic N) is 2. The first kappa shape index (κ1) is 20.5. The van der Waals surface area contributed by atoms with Gasteiger partial charge in [-0.25, -0.2) is 12.8 Å². The van der Waals surface area contributed by atoms with Gasteiger partial charge in [0.2, 0.25) is 21.8 Å². The standard InChI is InChI=1S/C21H22FN3O4S/c22-16-4-3-5-17(13-16)23-20(26)14-25-19-8-7-18(12-15(19)6-9-21(25)27)30(28,29)24-10-1-2-11-24/h3-5,7-8,12-13H,1-2,6,9-11,14H2,(H,23,26). The van der Waals surface area contributed by atoms with E-state index in [1.165, 1.54) is 33.5 Å². The van der Waals surface area contributed by atoms with Gasteiger partial charge in [0.15, 0.2) is 0 Å². The number of aryl methyl sites for hydroxylation is 1. The molecular weight excluding hydrogens is 409 g/mol. The van der Waals surface area contributed by atoms with Gasteiger partial charge in [-0.1, -0.05) is 6.07 Å². The fourth-order valence-corrected chi connectivity index (χ4v) is 5.43. The molecule has 2 aliphatic heterocycles. The van der Waals surface area contributed by atoms with Crippen LogP contribution in [0.15, 0.2) is 47.4 Å². The summed E-state index contributed by atoms with van der Waals surface area (Å²) in [6.45, 7) is 0.801. The van der Waals surface area contributed by atoms with Crippen molar-refractivity contribution < 1.29 is 22.4 Å². The van der Waals surface area contributed by atoms with Crippen molar-refractivity contribution in [3.05, 3.63) is 53.8 Å². The topological polar surface area (TPSA) is 86.8 Å². The zero-order chi connectivity index (χ0) is 21.3. The van der Waals surface area contributed by atoms with Crippen LogP contribution in [0, 0.1) is 5.82 Å². The summed E-state index contributed by atoms with van der Waals surface area (Å²) in [7, 11) is -3.56. The van der Waals surface area contributed by atoms with E-state index in [4.69, 9.17) is 0 Å². The summed E-state index contributed by atoms with van der Waals surface area (Å²) in [5.74, 6) is -1.15. The molecule has 0 atom stereocenters. The molecule has 7 nitrogen and oxygen atoms in total. The number of carbonyl (C=O) groups excluding carboxylic acids is 2. The number of benzene rings is 2. The maximum absolute atomic E-state index is 13.3. The Hall–Kier alpha value is -2.78. The van der Waals surface area contributed by atoms with E-state index in [1.807, 2.05) is 0 Å². The summed E-state index contributed by atoms with van der Waals surface area (Å²) < 4.78 is 40.4. The number of sulfonamides is 1. The minimum absolute atomic E-state index is 0.188. The highest BCUT2D eigenvalue weighted by Gasteiger charge is 2.31. The van der Waals surface area contributed by atoms with E-state index in [0.29, 0.717) is 36.4 Å². The van der Waals surface area contributed by atoms with E-state index in [0.717, 1.165) is 12.8 Å². The normalized spacial score (nSPS) is 17.1. The second-order valence-corrected chi connectivity index (χ2v) is 9.38. The molecule has 0 aliphatic carbocycles. The second kappa shape index (κ2) is 8.16. The van der Waals surface area contributed by atoms with Gasteiger partial charge in [-0.15, -0.1) is 0 Å². The van der Waals surface area contributed by atoms with Gasteiger partial charge in [0, 0.05) is 30.9 Å². The fourth-order valence-electron chi connectivity index (χ4n) is 3.86. The first-order valence-corrected chi connectivity index (χ1v) is 11.3. The van der Waals surface area contributed by atoms with Gasteiger partial charge >= 0.3 is 0 Å². The third kappa shape index (κ3) is 4.08. The van der Waals surface area contributed by atoms with E-state index in [1.54, 1.807) is 18.2 Å². The van der Waals surface area contributed by atoms with Crippen LogP contribution >= 0.6 is 0 Å². The molecular formula is C21H22FN3O4S. The van der Waals surface area contributed by atoms with Gasteiger partial charge in [0.1, 0.15) is 12.4 Å². The SMILES string of the molecule is O=C(CN1C(=O)CCc2cc(S(=O)(=O)N3CCCC3)ccc21)Nc1cccc(F)c1. The monoisotopic (exact) mass is 431 g/mol. The molecule has 0 radical (unpaired) electrons. The van der Waals surface area contributed by atoms with Gasteiger partial charge in [0.05, 0.1) is 4.90 Å². The van der Waals surface area contributed by atoms with Crippen molar-refractivity contribution in [3.63, 3.8) is 0 Å². The van der Waals surface area contributed by atoms with Gasteiger partial charge in [-0.05, 0) is 61.2 Å². The lowest BCUT2D eigenvalue weighted by Gasteiger charge is -2.29. The summed E-state index contributed by atoms with van der Waals surface area (Å²) in [5.41, 5.74) is 1.55. The zero-order valence-electron chi connectivity index (χ0n) is 16.3. The summed E-state index contributed by atoms with van der Waals surface area (Å²) in [5, 5.41) is 2.58. The van der Waals surface area contributed by atoms with Crippen molar-refractivity contribution in [2.45, 2.75) is 30.6 Å². The molecule has 1 saturated heterocycles. The zero-order valence-corrected chi connectivity index (χ0v) is 17.1. The molecule has 30 heavy (non-hydrogen) atoms. The van der Waals surface area contributed by atoms with Crippen LogP contribution in [0.2, 0.25) is 0 Å². The van der Waals surface area contributed by atoms with Crippen LogP contribution in [0.4, 0.5) is 15.8 Å². The van der Waals surface area contributed by atoms with Crippen LogP contribution in [-0.2, 0) is 26.0 Å². The fraction of sp³-hybridized carbons (Fsp3) is 0.333. The molecule has 1 N–H and O–H groups in total. The number of anilines is 2. The number of hydrogen-bond acceptors (Lipinski definition) is 4. The Morgan fingerprint density at radius 2 is 1.83 bits per heavy atom. The molecule has 0 saturated carbocycles. The minimum atomic E-state index is -3.56. The third-order valence-corrected chi connectivity index (χ3v) is 7.26. The van der Waals surface area contributed by atoms with Crippen LogP contribution in [0.1, 0.15) is 24.8 Å². The smallest absolute Gasteiger partial charge is 0.244 e. The number of amides is 2. The molecule has 2 aliphatic rings. The number of rotatable bonds is 5. The number of fused-ring (bicyclic) bond motifs is 1. The van der Waals surface area contributed by atoms with Crippen LogP contribution < -0.4 is 10.2 Å². The van der Waals surface area contributed by atoms with E-state index in [9.17, 15) is 22.4 Å². The molecule has 0 unspecified atom stereocenters. The number of hydrogen-bond donors (Lipinski definition) is 1. The molecule has 2 heterocycles. The third-order valence-electron chi connectivity index (χ3n) is 5.36. The quantitative estimate of drug-likeness (QED) is 0.788. The van der Waals surface area contributed by atoms with E-state index >= 15 is 0 Å². The van der Waals surface area contributed by atoms with Crippen molar-refractivity contribution >= 4 is 33.2 Å². The van der Waals surface area contributed by atoms with Crippen LogP contribution in [-0.4, -0.2) is 44.2 Å². The molecule has 2 aromatic rings. The summed E-state index contributed by atoms with van der Waals surface area (Å²) >= 11 is 0. The highest BCUT2D eigenvalue weighted by molar-refractivity contribution is 7.89. The van der Waals surface area contributed by atoms with Crippen LogP contribution in [0.5, 0.6) is 0 Å². The van der Waals surface area contributed by atoms with Crippen molar-refractivity contribution in [1.29, 1.82) is 0 Å². The number of carbonyl (C=O) groups is 2. The molecule has 1 fully saturated rings. The van der Waals surface area contributed by atoms with Gasteiger partial charge in [-0.3, -0.25) is 9.59 Å². The van der Waals surface area contributed by atoms with Crippen molar-refractivity contribution in [3.8, 4) is 0 Å².